The van der Waals surface area contributed by atoms with Gasteiger partial charge in [0.2, 0.25) is 0 Å². The van der Waals surface area contributed by atoms with Gasteiger partial charge >= 0.3 is 82.4 Å². The number of benzene rings is 2. The van der Waals surface area contributed by atoms with E-state index in [9.17, 15) is 13.8 Å². The molecule has 0 aliphatic rings. The molecular weight excluding hydrogens is 506 g/mol. The number of hydrogen-bond donors (Lipinski definition) is 0. The monoisotopic (exact) mass is 542 g/mol. The minimum absolute atomic E-state index is 0. The zero-order valence-corrected chi connectivity index (χ0v) is 21.4. The van der Waals surface area contributed by atoms with Crippen LogP contribution in [-0.4, -0.2) is 153 Å². The van der Waals surface area contributed by atoms with Gasteiger partial charge in [0.25, 0.3) is 0 Å². The van der Waals surface area contributed by atoms with Gasteiger partial charge in [0.15, 0.2) is 11.5 Å². The topological polar surface area (TPSA) is 88.1 Å². The van der Waals surface area contributed by atoms with Gasteiger partial charge in [-0.05, 0) is 24.3 Å². The van der Waals surface area contributed by atoms with Crippen molar-refractivity contribution >= 4 is 82.4 Å². The summed E-state index contributed by atoms with van der Waals surface area (Å²) >= 11 is -2.34. The molecule has 190 valence electrons. The summed E-state index contributed by atoms with van der Waals surface area (Å²) in [6, 6.07) is 12.6. The predicted octanol–water partition coefficient (Wildman–Crippen LogP) is 1.15. The van der Waals surface area contributed by atoms with Gasteiger partial charge in [-0.1, -0.05) is 24.3 Å². The van der Waals surface area contributed by atoms with E-state index in [1.807, 2.05) is 42.3 Å². The van der Waals surface area contributed by atoms with Crippen molar-refractivity contribution in [1.82, 2.24) is 0 Å². The Balaban J connectivity index is 0.00000612. The van der Waals surface area contributed by atoms with E-state index in [1.54, 1.807) is 24.3 Å². The third-order valence-corrected chi connectivity index (χ3v) is 5.15. The van der Waals surface area contributed by atoms with E-state index in [1.165, 1.54) is 24.3 Å². The summed E-state index contributed by atoms with van der Waals surface area (Å²) in [5.74, 6) is -1.11. The minimum atomic E-state index is -2.34. The van der Waals surface area contributed by atoms with E-state index >= 15 is 0 Å². The molecule has 36 heavy (non-hydrogen) atoms. The molecule has 0 spiro atoms. The van der Waals surface area contributed by atoms with Crippen LogP contribution in [0.15, 0.2) is 48.5 Å². The molecule has 0 amide bonds. The number of rotatable bonds is 12. The fraction of sp³-hybridized carbons (Fsp3) is 0.417. The number of nitrogens with zero attached hydrogens (tertiary/aromatic N) is 2. The Morgan fingerprint density at radius 3 is 1.33 bits per heavy atom. The van der Waals surface area contributed by atoms with Crippen molar-refractivity contribution in [3.8, 4) is 11.5 Å². The second kappa shape index (κ2) is 16.1. The maximum absolute atomic E-state index is 12.6. The first kappa shape index (κ1) is 35.0. The summed E-state index contributed by atoms with van der Waals surface area (Å²) in [6.07, 6.45) is 0. The molecule has 2 rings (SSSR count). The zero-order chi connectivity index (χ0) is 25.4. The summed E-state index contributed by atoms with van der Waals surface area (Å²) in [5.41, 5.74) is 0.239. The standard InChI is InChI=1S/C24H34N2O7S.2Na.2H/c1-25(2,3)15-17-30-23(27)19-11-7-9-13-21(19)32-34(29)33-22-14-10-8-12-20(22)24(28)31-18-16-26(4,5)6;;;;/h7-14H,15-18H2,1-6H3;;;;/q+2;;;;. The summed E-state index contributed by atoms with van der Waals surface area (Å²) in [4.78, 5) is 25.0. The van der Waals surface area contributed by atoms with Crippen molar-refractivity contribution in [1.29, 1.82) is 0 Å². The van der Waals surface area contributed by atoms with Crippen LogP contribution >= 0.6 is 0 Å². The number of para-hydroxylation sites is 2. The molecule has 0 saturated carbocycles. The number of ether oxygens (including phenoxy) is 2. The number of hydrogen-bond acceptors (Lipinski definition) is 7. The Hall–Kier alpha value is -0.950. The van der Waals surface area contributed by atoms with Crippen molar-refractivity contribution in [2.24, 2.45) is 0 Å². The fourth-order valence-electron chi connectivity index (χ4n) is 2.56. The van der Waals surface area contributed by atoms with Crippen molar-refractivity contribution < 1.29 is 40.6 Å². The van der Waals surface area contributed by atoms with Gasteiger partial charge in [-0.25, -0.2) is 9.59 Å². The Labute approximate surface area is 260 Å². The van der Waals surface area contributed by atoms with E-state index in [2.05, 4.69) is 0 Å². The van der Waals surface area contributed by atoms with Crippen LogP contribution in [0.25, 0.3) is 0 Å². The molecule has 0 bridgehead atoms. The number of carbonyl (C=O) groups is 2. The van der Waals surface area contributed by atoms with Crippen molar-refractivity contribution in [3.63, 3.8) is 0 Å². The third kappa shape index (κ3) is 13.0. The van der Waals surface area contributed by atoms with Gasteiger partial charge in [-0.2, -0.15) is 4.21 Å². The van der Waals surface area contributed by atoms with Crippen LogP contribution < -0.4 is 8.37 Å². The van der Waals surface area contributed by atoms with E-state index in [0.29, 0.717) is 22.1 Å². The average molecular weight is 543 g/mol. The Morgan fingerprint density at radius 1 is 0.667 bits per heavy atom. The second-order valence-electron chi connectivity index (χ2n) is 9.66. The molecule has 0 saturated heterocycles. The molecule has 12 heteroatoms. The van der Waals surface area contributed by atoms with Crippen molar-refractivity contribution in [3.05, 3.63) is 59.7 Å². The molecule has 0 fully saturated rings. The predicted molar refractivity (Wildman–Crippen MR) is 143 cm³/mol. The van der Waals surface area contributed by atoms with Gasteiger partial charge in [-0.15, -0.1) is 0 Å². The van der Waals surface area contributed by atoms with E-state index in [-0.39, 0.29) is 95.0 Å². The van der Waals surface area contributed by atoms with Gasteiger partial charge in [0.1, 0.15) is 37.4 Å². The molecule has 0 N–H and O–H groups in total. The van der Waals surface area contributed by atoms with Crippen LogP contribution in [0.3, 0.4) is 0 Å². The fourth-order valence-corrected chi connectivity index (χ4v) is 3.18. The molecule has 2 aromatic rings. The van der Waals surface area contributed by atoms with Crippen LogP contribution in [0.4, 0.5) is 0 Å². The van der Waals surface area contributed by atoms with Gasteiger partial charge < -0.3 is 26.8 Å². The third-order valence-electron chi connectivity index (χ3n) is 4.52. The molecule has 0 unspecified atom stereocenters. The number of carbonyl (C=O) groups excluding carboxylic acids is 2. The van der Waals surface area contributed by atoms with Gasteiger partial charge in [0, 0.05) is 0 Å². The van der Waals surface area contributed by atoms with Crippen LogP contribution in [-0.2, 0) is 20.8 Å². The van der Waals surface area contributed by atoms with E-state index in [0.717, 1.165) is 0 Å². The number of likely N-dealkylation sites (N-methyl/N-ethyl adjacent to an activating group) is 2. The molecule has 0 aliphatic carbocycles. The van der Waals surface area contributed by atoms with E-state index in [4.69, 9.17) is 17.8 Å². The van der Waals surface area contributed by atoms with Crippen LogP contribution in [0.1, 0.15) is 20.7 Å². The van der Waals surface area contributed by atoms with Gasteiger partial charge in [-0.3, -0.25) is 0 Å². The van der Waals surface area contributed by atoms with Crippen LogP contribution in [0, 0.1) is 0 Å². The zero-order valence-electron chi connectivity index (χ0n) is 20.6. The number of esters is 2. The molecule has 0 radical (unpaired) electrons. The van der Waals surface area contributed by atoms with E-state index < -0.39 is 23.3 Å². The molecule has 9 nitrogen and oxygen atoms in total. The summed E-state index contributed by atoms with van der Waals surface area (Å²) in [5, 5.41) is 0. The molecule has 2 aromatic carbocycles. The maximum atomic E-state index is 12.6. The summed E-state index contributed by atoms with van der Waals surface area (Å²) in [6.45, 7) is 1.70. The normalized spacial score (nSPS) is 11.1. The first-order valence-electron chi connectivity index (χ1n) is 10.8. The molecule has 0 heterocycles. The van der Waals surface area contributed by atoms with Crippen LogP contribution in [0.5, 0.6) is 11.5 Å². The molecular formula is C24H36N2Na2O7S+2. The summed E-state index contributed by atoms with van der Waals surface area (Å²) in [7, 11) is 11.9. The molecule has 0 atom stereocenters. The van der Waals surface area contributed by atoms with Crippen molar-refractivity contribution in [2.75, 3.05) is 68.6 Å². The Kier molecular flexibility index (Phi) is 15.7. The Bertz CT molecular complexity index is 945. The Morgan fingerprint density at radius 2 is 1.00 bits per heavy atom. The quantitative estimate of drug-likeness (QED) is 0.226. The van der Waals surface area contributed by atoms with Crippen molar-refractivity contribution in [2.45, 2.75) is 0 Å². The first-order chi connectivity index (χ1) is 15.9. The number of quaternary nitrogens is 2. The molecule has 0 aromatic heterocycles. The average Bonchev–Trinajstić information content (AvgIpc) is 2.72. The van der Waals surface area contributed by atoms with Gasteiger partial charge in [0.05, 0.1) is 42.3 Å². The SMILES string of the molecule is C[N+](C)(C)CCOC(=O)c1ccccc1OS(=O)Oc1ccccc1C(=O)OCC[N+](C)(C)C.[NaH].[NaH]. The second-order valence-corrected chi connectivity index (χ2v) is 10.4. The first-order valence-corrected chi connectivity index (χ1v) is 11.8. The molecule has 0 aliphatic heterocycles. The van der Waals surface area contributed by atoms with Crippen LogP contribution in [0.2, 0.25) is 0 Å². The summed E-state index contributed by atoms with van der Waals surface area (Å²) < 4.78 is 35.2.